The second-order valence-corrected chi connectivity index (χ2v) is 5.04. The molecular weight excluding hydrogens is 302 g/mol. The summed E-state index contributed by atoms with van der Waals surface area (Å²) in [7, 11) is 0. The molecule has 0 spiro atoms. The standard InChI is InChI=1S/C16H12ClN3O2/c17-13-3-1-11(2-4-13)15-9-14(20-22-15)10-19-16(21)12-5-7-18-8-6-12/h1-9H,10H2,(H,19,21). The van der Waals surface area contributed by atoms with Crippen LogP contribution in [0.1, 0.15) is 16.1 Å². The Hall–Kier alpha value is -2.66. The SMILES string of the molecule is O=C(NCc1cc(-c2ccc(Cl)cc2)on1)c1ccncc1. The molecule has 1 aromatic carbocycles. The Balaban J connectivity index is 1.65. The van der Waals surface area contributed by atoms with Gasteiger partial charge < -0.3 is 9.84 Å². The third kappa shape index (κ3) is 3.32. The molecule has 2 aromatic heterocycles. The number of hydrogen-bond donors (Lipinski definition) is 1. The number of carbonyl (C=O) groups excluding carboxylic acids is 1. The normalized spacial score (nSPS) is 10.4. The van der Waals surface area contributed by atoms with Crippen molar-refractivity contribution in [3.8, 4) is 11.3 Å². The van der Waals surface area contributed by atoms with Gasteiger partial charge in [0, 0.05) is 34.6 Å². The van der Waals surface area contributed by atoms with Crippen molar-refractivity contribution in [1.82, 2.24) is 15.5 Å². The molecule has 1 amide bonds. The van der Waals surface area contributed by atoms with Gasteiger partial charge in [-0.25, -0.2) is 0 Å². The first kappa shape index (κ1) is 14.3. The summed E-state index contributed by atoms with van der Waals surface area (Å²) in [6.45, 7) is 0.290. The molecule has 0 saturated carbocycles. The minimum atomic E-state index is -0.182. The Kier molecular flexibility index (Phi) is 4.16. The lowest BCUT2D eigenvalue weighted by molar-refractivity contribution is 0.0950. The quantitative estimate of drug-likeness (QED) is 0.802. The van der Waals surface area contributed by atoms with Gasteiger partial charge in [-0.1, -0.05) is 16.8 Å². The molecule has 0 aliphatic rings. The van der Waals surface area contributed by atoms with Gasteiger partial charge in [0.2, 0.25) is 0 Å². The predicted molar refractivity (Wildman–Crippen MR) is 82.4 cm³/mol. The third-order valence-corrected chi connectivity index (χ3v) is 3.31. The summed E-state index contributed by atoms with van der Waals surface area (Å²) in [4.78, 5) is 15.8. The molecule has 0 radical (unpaired) electrons. The summed E-state index contributed by atoms with van der Waals surface area (Å²) in [5.74, 6) is 0.447. The van der Waals surface area contributed by atoms with Gasteiger partial charge in [0.15, 0.2) is 5.76 Å². The zero-order valence-electron chi connectivity index (χ0n) is 11.5. The minimum absolute atomic E-state index is 0.182. The lowest BCUT2D eigenvalue weighted by Crippen LogP contribution is -2.22. The molecule has 0 unspecified atom stereocenters. The molecule has 0 bridgehead atoms. The molecule has 0 fully saturated rings. The van der Waals surface area contributed by atoms with Crippen molar-refractivity contribution in [2.75, 3.05) is 0 Å². The zero-order chi connectivity index (χ0) is 15.4. The van der Waals surface area contributed by atoms with E-state index in [0.29, 0.717) is 22.0 Å². The van der Waals surface area contributed by atoms with Crippen LogP contribution in [0.4, 0.5) is 0 Å². The molecule has 1 N–H and O–H groups in total. The molecule has 110 valence electrons. The van der Waals surface area contributed by atoms with E-state index in [2.05, 4.69) is 15.5 Å². The number of aromatic nitrogens is 2. The van der Waals surface area contributed by atoms with Crippen LogP contribution in [0.5, 0.6) is 0 Å². The average Bonchev–Trinajstić information content (AvgIpc) is 3.03. The van der Waals surface area contributed by atoms with E-state index in [1.807, 2.05) is 12.1 Å². The number of rotatable bonds is 4. The van der Waals surface area contributed by atoms with Gasteiger partial charge in [-0.05, 0) is 36.4 Å². The largest absolute Gasteiger partial charge is 0.356 e. The summed E-state index contributed by atoms with van der Waals surface area (Å²) in [6.07, 6.45) is 3.15. The maximum atomic E-state index is 11.9. The van der Waals surface area contributed by atoms with Gasteiger partial charge in [0.25, 0.3) is 5.91 Å². The molecular formula is C16H12ClN3O2. The van der Waals surface area contributed by atoms with Crippen LogP contribution in [0.3, 0.4) is 0 Å². The van der Waals surface area contributed by atoms with Gasteiger partial charge in [-0.2, -0.15) is 0 Å². The van der Waals surface area contributed by atoms with E-state index >= 15 is 0 Å². The van der Waals surface area contributed by atoms with Crippen LogP contribution in [0.2, 0.25) is 5.02 Å². The number of carbonyl (C=O) groups is 1. The predicted octanol–water partition coefficient (Wildman–Crippen LogP) is 3.32. The molecule has 2 heterocycles. The molecule has 0 aliphatic heterocycles. The van der Waals surface area contributed by atoms with E-state index in [1.165, 1.54) is 0 Å². The second kappa shape index (κ2) is 6.41. The Morgan fingerprint density at radius 3 is 2.59 bits per heavy atom. The van der Waals surface area contributed by atoms with Crippen molar-refractivity contribution in [2.24, 2.45) is 0 Å². The first-order valence-corrected chi connectivity index (χ1v) is 7.00. The maximum Gasteiger partial charge on any atom is 0.251 e. The van der Waals surface area contributed by atoms with Gasteiger partial charge in [-0.3, -0.25) is 9.78 Å². The summed E-state index contributed by atoms with van der Waals surface area (Å²) >= 11 is 5.85. The van der Waals surface area contributed by atoms with Crippen molar-refractivity contribution in [2.45, 2.75) is 6.54 Å². The lowest BCUT2D eigenvalue weighted by atomic mass is 10.1. The summed E-state index contributed by atoms with van der Waals surface area (Å²) in [6, 6.07) is 12.4. The highest BCUT2D eigenvalue weighted by Crippen LogP contribution is 2.22. The van der Waals surface area contributed by atoms with Crippen molar-refractivity contribution < 1.29 is 9.32 Å². The van der Waals surface area contributed by atoms with Gasteiger partial charge >= 0.3 is 0 Å². The van der Waals surface area contributed by atoms with Crippen molar-refractivity contribution in [3.05, 3.63) is 71.1 Å². The van der Waals surface area contributed by atoms with E-state index in [0.717, 1.165) is 5.56 Å². The average molecular weight is 314 g/mol. The Morgan fingerprint density at radius 2 is 1.86 bits per heavy atom. The van der Waals surface area contributed by atoms with Gasteiger partial charge in [0.1, 0.15) is 5.69 Å². The lowest BCUT2D eigenvalue weighted by Gasteiger charge is -2.01. The molecule has 6 heteroatoms. The number of hydrogen-bond acceptors (Lipinski definition) is 4. The molecule has 0 aliphatic carbocycles. The van der Waals surface area contributed by atoms with Crippen LogP contribution < -0.4 is 5.32 Å². The van der Waals surface area contributed by atoms with Crippen LogP contribution in [0.25, 0.3) is 11.3 Å². The molecule has 0 atom stereocenters. The van der Waals surface area contributed by atoms with Gasteiger partial charge in [-0.15, -0.1) is 0 Å². The van der Waals surface area contributed by atoms with E-state index in [9.17, 15) is 4.79 Å². The topological polar surface area (TPSA) is 68.0 Å². The second-order valence-electron chi connectivity index (χ2n) is 4.61. The highest BCUT2D eigenvalue weighted by atomic mass is 35.5. The highest BCUT2D eigenvalue weighted by Gasteiger charge is 2.09. The Bertz CT molecular complexity index is 770. The molecule has 5 nitrogen and oxygen atoms in total. The fourth-order valence-electron chi connectivity index (χ4n) is 1.92. The Labute approximate surface area is 131 Å². The molecule has 3 aromatic rings. The molecule has 0 saturated heterocycles. The van der Waals surface area contributed by atoms with E-state index in [-0.39, 0.29) is 12.5 Å². The molecule has 3 rings (SSSR count). The number of nitrogens with one attached hydrogen (secondary N) is 1. The van der Waals surface area contributed by atoms with Crippen LogP contribution >= 0.6 is 11.6 Å². The minimum Gasteiger partial charge on any atom is -0.356 e. The van der Waals surface area contributed by atoms with E-state index in [4.69, 9.17) is 16.1 Å². The number of amides is 1. The fourth-order valence-corrected chi connectivity index (χ4v) is 2.05. The number of nitrogens with zero attached hydrogens (tertiary/aromatic N) is 2. The van der Waals surface area contributed by atoms with E-state index < -0.39 is 0 Å². The van der Waals surface area contributed by atoms with Crippen LogP contribution in [-0.2, 0) is 6.54 Å². The first-order chi connectivity index (χ1) is 10.7. The monoisotopic (exact) mass is 313 g/mol. The zero-order valence-corrected chi connectivity index (χ0v) is 12.2. The van der Waals surface area contributed by atoms with Crippen LogP contribution in [0, 0.1) is 0 Å². The van der Waals surface area contributed by atoms with Gasteiger partial charge in [0.05, 0.1) is 6.54 Å². The highest BCUT2D eigenvalue weighted by molar-refractivity contribution is 6.30. The maximum absolute atomic E-state index is 11.9. The molecule has 22 heavy (non-hydrogen) atoms. The van der Waals surface area contributed by atoms with Crippen LogP contribution in [0.15, 0.2) is 59.4 Å². The number of benzene rings is 1. The Morgan fingerprint density at radius 1 is 1.14 bits per heavy atom. The smallest absolute Gasteiger partial charge is 0.251 e. The fraction of sp³-hybridized carbons (Fsp3) is 0.0625. The van der Waals surface area contributed by atoms with Crippen molar-refractivity contribution in [3.63, 3.8) is 0 Å². The number of pyridine rings is 1. The number of halogens is 1. The summed E-state index contributed by atoms with van der Waals surface area (Å²) in [5.41, 5.74) is 2.08. The first-order valence-electron chi connectivity index (χ1n) is 6.62. The summed E-state index contributed by atoms with van der Waals surface area (Å²) in [5, 5.41) is 7.38. The van der Waals surface area contributed by atoms with Crippen molar-refractivity contribution >= 4 is 17.5 Å². The van der Waals surface area contributed by atoms with E-state index in [1.54, 1.807) is 42.7 Å². The third-order valence-electron chi connectivity index (χ3n) is 3.06. The van der Waals surface area contributed by atoms with Crippen LogP contribution in [-0.4, -0.2) is 16.0 Å². The van der Waals surface area contributed by atoms with Crippen molar-refractivity contribution in [1.29, 1.82) is 0 Å². The summed E-state index contributed by atoms with van der Waals surface area (Å²) < 4.78 is 5.27.